The molecular formula is C4H5FO4S. The van der Waals surface area contributed by atoms with Crippen molar-refractivity contribution >= 4 is 16.2 Å². The summed E-state index contributed by atoms with van der Waals surface area (Å²) in [5, 5.41) is -1.58. The summed E-state index contributed by atoms with van der Waals surface area (Å²) in [4.78, 5) is 10.4. The number of halogens is 1. The molecule has 4 nitrogen and oxygen atoms in total. The first-order valence-electron chi connectivity index (χ1n) is 2.62. The molecule has 10 heavy (non-hydrogen) atoms. The van der Waals surface area contributed by atoms with E-state index in [0.29, 0.717) is 0 Å². The van der Waals surface area contributed by atoms with Crippen LogP contribution in [0.4, 0.5) is 3.89 Å². The van der Waals surface area contributed by atoms with E-state index in [9.17, 15) is 17.1 Å². The van der Waals surface area contributed by atoms with Gasteiger partial charge in [0.2, 0.25) is 0 Å². The van der Waals surface area contributed by atoms with Gasteiger partial charge in [0.05, 0.1) is 6.61 Å². The fraction of sp³-hybridized carbons (Fsp3) is 0.750. The quantitative estimate of drug-likeness (QED) is 0.395. The predicted molar refractivity (Wildman–Crippen MR) is 29.4 cm³/mol. The van der Waals surface area contributed by atoms with Crippen LogP contribution in [0.15, 0.2) is 0 Å². The van der Waals surface area contributed by atoms with Crippen molar-refractivity contribution in [3.8, 4) is 0 Å². The Morgan fingerprint density at radius 3 is 2.40 bits per heavy atom. The lowest BCUT2D eigenvalue weighted by Gasteiger charge is -1.95. The van der Waals surface area contributed by atoms with Gasteiger partial charge in [0.25, 0.3) is 0 Å². The first-order chi connectivity index (χ1) is 4.52. The standard InChI is InChI=1S/C4H5FO4S/c5-10(7,8)3-1-2-9-4(3)6/h3H,1-2H2/t3-/m1/s1. The molecule has 0 N–H and O–H groups in total. The molecule has 1 rings (SSSR count). The average Bonchev–Trinajstić information content (AvgIpc) is 2.11. The molecule has 0 aliphatic carbocycles. The number of carbonyl (C=O) groups is 1. The summed E-state index contributed by atoms with van der Waals surface area (Å²) in [6, 6.07) is 0. The zero-order chi connectivity index (χ0) is 7.78. The van der Waals surface area contributed by atoms with Crippen LogP contribution in [-0.4, -0.2) is 26.2 Å². The Morgan fingerprint density at radius 1 is 1.60 bits per heavy atom. The number of hydrogen-bond donors (Lipinski definition) is 0. The lowest BCUT2D eigenvalue weighted by molar-refractivity contribution is -0.137. The van der Waals surface area contributed by atoms with Crippen LogP contribution in [0.25, 0.3) is 0 Å². The van der Waals surface area contributed by atoms with Gasteiger partial charge >= 0.3 is 16.2 Å². The molecule has 0 saturated carbocycles. The maximum Gasteiger partial charge on any atom is 0.327 e. The number of esters is 1. The monoisotopic (exact) mass is 168 g/mol. The lowest BCUT2D eigenvalue weighted by Crippen LogP contribution is -2.21. The van der Waals surface area contributed by atoms with Crippen LogP contribution in [0.3, 0.4) is 0 Å². The Hall–Kier alpha value is -0.650. The second-order valence-corrected chi connectivity index (χ2v) is 3.44. The minimum Gasteiger partial charge on any atom is -0.465 e. The molecule has 1 fully saturated rings. The van der Waals surface area contributed by atoms with Crippen molar-refractivity contribution in [3.05, 3.63) is 0 Å². The van der Waals surface area contributed by atoms with E-state index in [2.05, 4.69) is 4.74 Å². The van der Waals surface area contributed by atoms with Crippen LogP contribution < -0.4 is 0 Å². The van der Waals surface area contributed by atoms with E-state index in [1.807, 2.05) is 0 Å². The third kappa shape index (κ3) is 1.26. The molecule has 0 unspecified atom stereocenters. The number of rotatable bonds is 1. The summed E-state index contributed by atoms with van der Waals surface area (Å²) in [7, 11) is -4.73. The normalized spacial score (nSPS) is 26.5. The van der Waals surface area contributed by atoms with Crippen LogP contribution in [0, 0.1) is 0 Å². The smallest absolute Gasteiger partial charge is 0.327 e. The molecule has 0 amide bonds. The van der Waals surface area contributed by atoms with Gasteiger partial charge < -0.3 is 4.74 Å². The van der Waals surface area contributed by atoms with Gasteiger partial charge in [0.15, 0.2) is 5.25 Å². The fourth-order valence-electron chi connectivity index (χ4n) is 0.733. The van der Waals surface area contributed by atoms with E-state index < -0.39 is 21.4 Å². The van der Waals surface area contributed by atoms with Crippen LogP contribution in [-0.2, 0) is 19.8 Å². The van der Waals surface area contributed by atoms with Gasteiger partial charge in [-0.05, 0) is 0 Å². The van der Waals surface area contributed by atoms with Gasteiger partial charge in [-0.25, -0.2) is 0 Å². The summed E-state index contributed by atoms with van der Waals surface area (Å²) in [5.74, 6) is -0.984. The van der Waals surface area contributed by atoms with Crippen molar-refractivity contribution in [1.29, 1.82) is 0 Å². The number of carbonyl (C=O) groups excluding carboxylic acids is 1. The van der Waals surface area contributed by atoms with Gasteiger partial charge in [0.1, 0.15) is 0 Å². The molecule has 1 heterocycles. The maximum atomic E-state index is 12.0. The largest absolute Gasteiger partial charge is 0.465 e. The van der Waals surface area contributed by atoms with Crippen molar-refractivity contribution in [2.24, 2.45) is 0 Å². The zero-order valence-electron chi connectivity index (χ0n) is 4.91. The SMILES string of the molecule is O=C1OCC[C@H]1S(=O)(=O)F. The molecule has 1 saturated heterocycles. The van der Waals surface area contributed by atoms with E-state index in [0.717, 1.165) is 0 Å². The van der Waals surface area contributed by atoms with Crippen molar-refractivity contribution in [3.63, 3.8) is 0 Å². The molecule has 1 aliphatic rings. The Labute approximate surface area is 57.2 Å². The fourth-order valence-corrected chi connectivity index (χ4v) is 1.41. The summed E-state index contributed by atoms with van der Waals surface area (Å²) >= 11 is 0. The van der Waals surface area contributed by atoms with Crippen molar-refractivity contribution in [2.75, 3.05) is 6.61 Å². The summed E-state index contributed by atoms with van der Waals surface area (Å²) in [6.45, 7) is -0.00729. The predicted octanol–water partition coefficient (Wildman–Crippen LogP) is -0.399. The molecular weight excluding hydrogens is 163 g/mol. The zero-order valence-corrected chi connectivity index (χ0v) is 5.73. The molecule has 1 aliphatic heterocycles. The lowest BCUT2D eigenvalue weighted by atomic mass is 10.4. The Morgan fingerprint density at radius 2 is 2.20 bits per heavy atom. The Balaban J connectivity index is 2.84. The van der Waals surface area contributed by atoms with Gasteiger partial charge in [0, 0.05) is 6.42 Å². The first-order valence-corrected chi connectivity index (χ1v) is 4.06. The maximum absolute atomic E-state index is 12.0. The molecule has 0 spiro atoms. The van der Waals surface area contributed by atoms with Gasteiger partial charge in [-0.3, -0.25) is 4.79 Å². The van der Waals surface area contributed by atoms with E-state index in [4.69, 9.17) is 0 Å². The summed E-state index contributed by atoms with van der Waals surface area (Å²) in [5.41, 5.74) is 0. The van der Waals surface area contributed by atoms with E-state index >= 15 is 0 Å². The highest BCUT2D eigenvalue weighted by molar-refractivity contribution is 7.87. The van der Waals surface area contributed by atoms with E-state index in [1.165, 1.54) is 0 Å². The van der Waals surface area contributed by atoms with Gasteiger partial charge in [-0.15, -0.1) is 3.89 Å². The summed E-state index contributed by atoms with van der Waals surface area (Å²) in [6.07, 6.45) is -0.0718. The second-order valence-electron chi connectivity index (χ2n) is 1.92. The van der Waals surface area contributed by atoms with E-state index in [1.54, 1.807) is 0 Å². The Kier molecular flexibility index (Phi) is 1.63. The molecule has 0 aromatic carbocycles. The van der Waals surface area contributed by atoms with Crippen LogP contribution in [0.1, 0.15) is 6.42 Å². The van der Waals surface area contributed by atoms with Crippen molar-refractivity contribution < 1.29 is 21.8 Å². The number of hydrogen-bond acceptors (Lipinski definition) is 4. The molecule has 58 valence electrons. The minimum absolute atomic E-state index is 0.00729. The molecule has 0 bridgehead atoms. The second kappa shape index (κ2) is 2.19. The minimum atomic E-state index is -4.73. The highest BCUT2D eigenvalue weighted by atomic mass is 32.3. The highest BCUT2D eigenvalue weighted by Crippen LogP contribution is 2.16. The third-order valence-electron chi connectivity index (χ3n) is 1.23. The van der Waals surface area contributed by atoms with Crippen LogP contribution in [0.5, 0.6) is 0 Å². The Bertz CT molecular complexity index is 244. The molecule has 1 atom stereocenters. The van der Waals surface area contributed by atoms with E-state index in [-0.39, 0.29) is 13.0 Å². The number of ether oxygens (including phenoxy) is 1. The van der Waals surface area contributed by atoms with Crippen LogP contribution >= 0.6 is 0 Å². The van der Waals surface area contributed by atoms with Crippen molar-refractivity contribution in [1.82, 2.24) is 0 Å². The molecule has 6 heteroatoms. The summed E-state index contributed by atoms with van der Waals surface area (Å²) < 4.78 is 36.4. The third-order valence-corrected chi connectivity index (χ3v) is 2.33. The molecule has 0 aromatic rings. The van der Waals surface area contributed by atoms with Gasteiger partial charge in [-0.1, -0.05) is 0 Å². The number of cyclic esters (lactones) is 1. The average molecular weight is 168 g/mol. The highest BCUT2D eigenvalue weighted by Gasteiger charge is 2.38. The molecule has 0 radical (unpaired) electrons. The van der Waals surface area contributed by atoms with Crippen molar-refractivity contribution in [2.45, 2.75) is 11.7 Å². The van der Waals surface area contributed by atoms with Gasteiger partial charge in [-0.2, -0.15) is 8.42 Å². The topological polar surface area (TPSA) is 60.4 Å². The van der Waals surface area contributed by atoms with Crippen LogP contribution in [0.2, 0.25) is 0 Å². The first kappa shape index (κ1) is 7.46. The molecule has 0 aromatic heterocycles.